The molecule has 0 saturated heterocycles. The molecule has 2 aromatic carbocycles. The summed E-state index contributed by atoms with van der Waals surface area (Å²) in [6, 6.07) is 15.4. The molecule has 0 aromatic heterocycles. The second-order valence-electron chi connectivity index (χ2n) is 7.22. The number of benzene rings is 2. The van der Waals surface area contributed by atoms with E-state index < -0.39 is 18.5 Å². The van der Waals surface area contributed by atoms with Gasteiger partial charge >= 0.3 is 12.4 Å². The number of rotatable bonds is 12. The fourth-order valence-electron chi connectivity index (χ4n) is 2.94. The van der Waals surface area contributed by atoms with Crippen LogP contribution in [-0.4, -0.2) is 57.8 Å². The minimum absolute atomic E-state index is 0.0163. The fraction of sp³-hybridized carbons (Fsp3) is 0.435. The summed E-state index contributed by atoms with van der Waals surface area (Å²) in [6.07, 6.45) is -1.97. The Morgan fingerprint density at radius 2 is 1.83 bits per heavy atom. The van der Waals surface area contributed by atoms with E-state index in [9.17, 15) is 13.6 Å². The van der Waals surface area contributed by atoms with Crippen LogP contribution in [0.25, 0.3) is 0 Å². The van der Waals surface area contributed by atoms with Gasteiger partial charge in [0.2, 0.25) is 0 Å². The van der Waals surface area contributed by atoms with Gasteiger partial charge in [-0.3, -0.25) is 0 Å². The standard InChI is InChI=1S/C23H29F2NO4/c1-26(2)14-13-20(30-23(27)22(24)25)16-29-21-10-5-4-8-18(21)12-11-17-7-6-9-19(15-17)28-3/h4-10,15,20,22H,11-14,16H2,1-3H3. The Balaban J connectivity index is 2.00. The van der Waals surface area contributed by atoms with Crippen LogP contribution in [0.1, 0.15) is 17.5 Å². The number of halogens is 2. The van der Waals surface area contributed by atoms with Crippen LogP contribution in [0.15, 0.2) is 48.5 Å². The number of hydrogen-bond acceptors (Lipinski definition) is 5. The Bertz CT molecular complexity index is 798. The number of ether oxygens (including phenoxy) is 3. The molecule has 0 amide bonds. The second kappa shape index (κ2) is 12.1. The molecule has 0 saturated carbocycles. The molecule has 0 aliphatic heterocycles. The highest BCUT2D eigenvalue weighted by Crippen LogP contribution is 2.22. The zero-order chi connectivity index (χ0) is 21.9. The third-order valence-corrected chi connectivity index (χ3v) is 4.57. The van der Waals surface area contributed by atoms with E-state index in [-0.39, 0.29) is 6.61 Å². The van der Waals surface area contributed by atoms with Crippen molar-refractivity contribution in [1.29, 1.82) is 0 Å². The molecule has 1 atom stereocenters. The zero-order valence-electron chi connectivity index (χ0n) is 17.6. The van der Waals surface area contributed by atoms with Gasteiger partial charge in [-0.25, -0.2) is 4.79 Å². The maximum absolute atomic E-state index is 12.6. The van der Waals surface area contributed by atoms with Crippen LogP contribution < -0.4 is 9.47 Å². The summed E-state index contributed by atoms with van der Waals surface area (Å²) in [4.78, 5) is 13.2. The molecule has 0 spiro atoms. The molecule has 2 rings (SSSR count). The molecule has 0 fully saturated rings. The van der Waals surface area contributed by atoms with E-state index in [1.807, 2.05) is 67.5 Å². The molecule has 7 heteroatoms. The van der Waals surface area contributed by atoms with Crippen molar-refractivity contribution in [2.75, 3.05) is 34.4 Å². The van der Waals surface area contributed by atoms with Crippen molar-refractivity contribution in [2.24, 2.45) is 0 Å². The number of hydrogen-bond donors (Lipinski definition) is 0. The number of esters is 1. The van der Waals surface area contributed by atoms with Gasteiger partial charge in [0.15, 0.2) is 0 Å². The lowest BCUT2D eigenvalue weighted by atomic mass is 10.0. The highest BCUT2D eigenvalue weighted by molar-refractivity contribution is 5.72. The van der Waals surface area contributed by atoms with Crippen molar-refractivity contribution in [3.8, 4) is 11.5 Å². The number of alkyl halides is 2. The van der Waals surface area contributed by atoms with Gasteiger partial charge in [0.1, 0.15) is 24.2 Å². The lowest BCUT2D eigenvalue weighted by molar-refractivity contribution is -0.164. The maximum Gasteiger partial charge on any atom is 0.374 e. The van der Waals surface area contributed by atoms with Gasteiger partial charge in [0.05, 0.1) is 7.11 Å². The molecule has 30 heavy (non-hydrogen) atoms. The van der Waals surface area contributed by atoms with Crippen molar-refractivity contribution in [1.82, 2.24) is 4.90 Å². The highest BCUT2D eigenvalue weighted by Gasteiger charge is 2.23. The minimum atomic E-state index is -3.15. The zero-order valence-corrected chi connectivity index (χ0v) is 17.6. The first kappa shape index (κ1) is 23.6. The molecule has 5 nitrogen and oxygen atoms in total. The molecule has 0 aliphatic carbocycles. The van der Waals surface area contributed by atoms with Crippen molar-refractivity contribution in [2.45, 2.75) is 31.8 Å². The lowest BCUT2D eigenvalue weighted by Gasteiger charge is -2.21. The van der Waals surface area contributed by atoms with E-state index in [4.69, 9.17) is 14.2 Å². The van der Waals surface area contributed by atoms with E-state index in [0.29, 0.717) is 18.7 Å². The Morgan fingerprint density at radius 1 is 1.07 bits per heavy atom. The molecule has 0 bridgehead atoms. The van der Waals surface area contributed by atoms with Crippen LogP contribution in [-0.2, 0) is 22.4 Å². The molecule has 0 heterocycles. The SMILES string of the molecule is COc1cccc(CCc2ccccc2OCC(CCN(C)C)OC(=O)C(F)F)c1. The molecule has 0 N–H and O–H groups in total. The first-order valence-electron chi connectivity index (χ1n) is 9.86. The third-order valence-electron chi connectivity index (χ3n) is 4.57. The van der Waals surface area contributed by atoms with Gasteiger partial charge < -0.3 is 19.1 Å². The van der Waals surface area contributed by atoms with Crippen molar-refractivity contribution in [3.63, 3.8) is 0 Å². The van der Waals surface area contributed by atoms with Gasteiger partial charge in [0.25, 0.3) is 0 Å². The van der Waals surface area contributed by atoms with Gasteiger partial charge in [-0.05, 0) is 56.3 Å². The van der Waals surface area contributed by atoms with Crippen molar-refractivity contribution in [3.05, 3.63) is 59.7 Å². The van der Waals surface area contributed by atoms with Crippen LogP contribution in [0, 0.1) is 0 Å². The van der Waals surface area contributed by atoms with Gasteiger partial charge in [0, 0.05) is 13.0 Å². The summed E-state index contributed by atoms with van der Waals surface area (Å²) in [5, 5.41) is 0. The molecule has 0 radical (unpaired) electrons. The average molecular weight is 421 g/mol. The third kappa shape index (κ3) is 7.99. The highest BCUT2D eigenvalue weighted by atomic mass is 19.3. The quantitative estimate of drug-likeness (QED) is 0.485. The van der Waals surface area contributed by atoms with E-state index in [2.05, 4.69) is 0 Å². The van der Waals surface area contributed by atoms with Gasteiger partial charge in [-0.2, -0.15) is 8.78 Å². The minimum Gasteiger partial charge on any atom is -0.497 e. The normalized spacial score (nSPS) is 12.1. The van der Waals surface area contributed by atoms with Crippen LogP contribution in [0.3, 0.4) is 0 Å². The Kier molecular flexibility index (Phi) is 9.54. The smallest absolute Gasteiger partial charge is 0.374 e. The average Bonchev–Trinajstić information content (AvgIpc) is 2.74. The number of nitrogens with zero attached hydrogens (tertiary/aromatic N) is 1. The van der Waals surface area contributed by atoms with Crippen LogP contribution in [0.2, 0.25) is 0 Å². The van der Waals surface area contributed by atoms with E-state index in [0.717, 1.165) is 29.7 Å². The summed E-state index contributed by atoms with van der Waals surface area (Å²) in [7, 11) is 5.36. The van der Waals surface area contributed by atoms with E-state index in [1.165, 1.54) is 0 Å². The predicted octanol–water partition coefficient (Wildman–Crippen LogP) is 3.99. The number of carbonyl (C=O) groups is 1. The molecular weight excluding hydrogens is 392 g/mol. The number of para-hydroxylation sites is 1. The summed E-state index contributed by atoms with van der Waals surface area (Å²) in [6.45, 7) is 0.602. The largest absolute Gasteiger partial charge is 0.497 e. The summed E-state index contributed by atoms with van der Waals surface area (Å²) in [5.41, 5.74) is 2.13. The first-order chi connectivity index (χ1) is 14.4. The lowest BCUT2D eigenvalue weighted by Crippen LogP contribution is -2.31. The predicted molar refractivity (Wildman–Crippen MR) is 111 cm³/mol. The van der Waals surface area contributed by atoms with E-state index in [1.54, 1.807) is 7.11 Å². The summed E-state index contributed by atoms with van der Waals surface area (Å²) in [5.74, 6) is -0.0568. The van der Waals surface area contributed by atoms with Gasteiger partial charge in [-0.15, -0.1) is 0 Å². The van der Waals surface area contributed by atoms with Crippen LogP contribution >= 0.6 is 0 Å². The number of aryl methyl sites for hydroxylation is 2. The maximum atomic E-state index is 12.6. The fourth-order valence-corrected chi connectivity index (χ4v) is 2.94. The molecule has 0 aliphatic rings. The van der Waals surface area contributed by atoms with Crippen LogP contribution in [0.5, 0.6) is 11.5 Å². The number of methoxy groups -OCH3 is 1. The second-order valence-corrected chi connectivity index (χ2v) is 7.22. The van der Waals surface area contributed by atoms with Crippen molar-refractivity contribution < 1.29 is 27.8 Å². The Morgan fingerprint density at radius 3 is 2.53 bits per heavy atom. The monoisotopic (exact) mass is 421 g/mol. The summed E-state index contributed by atoms with van der Waals surface area (Å²) >= 11 is 0. The molecule has 2 aromatic rings. The van der Waals surface area contributed by atoms with Gasteiger partial charge in [-0.1, -0.05) is 30.3 Å². The Labute approximate surface area is 176 Å². The summed E-state index contributed by atoms with van der Waals surface area (Å²) < 4.78 is 41.3. The van der Waals surface area contributed by atoms with Crippen molar-refractivity contribution >= 4 is 5.97 Å². The first-order valence-corrected chi connectivity index (χ1v) is 9.86. The Hall–Kier alpha value is -2.67. The van der Waals surface area contributed by atoms with E-state index >= 15 is 0 Å². The molecule has 164 valence electrons. The van der Waals surface area contributed by atoms with Crippen LogP contribution in [0.4, 0.5) is 8.78 Å². The number of carbonyl (C=O) groups excluding carboxylic acids is 1. The topological polar surface area (TPSA) is 48.0 Å². The molecular formula is C23H29F2NO4. The molecule has 1 unspecified atom stereocenters.